The Morgan fingerprint density at radius 2 is 1.92 bits per heavy atom. The van der Waals surface area contributed by atoms with E-state index in [0.29, 0.717) is 6.61 Å². The minimum Gasteiger partial charge on any atom is -0.394 e. The molecule has 0 rings (SSSR count). The highest BCUT2D eigenvalue weighted by Gasteiger charge is 2.00. The maximum absolute atomic E-state index is 8.57. The largest absolute Gasteiger partial charge is 0.394 e. The first-order chi connectivity index (χ1) is 6.35. The Morgan fingerprint density at radius 3 is 2.46 bits per heavy atom. The predicted molar refractivity (Wildman–Crippen MR) is 54.4 cm³/mol. The molecule has 0 saturated carbocycles. The van der Waals surface area contributed by atoms with Gasteiger partial charge in [-0.2, -0.15) is 5.06 Å². The van der Waals surface area contributed by atoms with Crippen LogP contribution in [0, 0.1) is 0 Å². The lowest BCUT2D eigenvalue weighted by Gasteiger charge is -2.19. The number of unbranched alkanes of at least 4 members (excludes halogenated alkanes) is 3. The molecule has 0 saturated heterocycles. The second-order valence-corrected chi connectivity index (χ2v) is 3.14. The smallest absolute Gasteiger partial charge is 0.0916 e. The Bertz CT molecular complexity index is 98.9. The summed E-state index contributed by atoms with van der Waals surface area (Å²) in [6, 6.07) is 0. The van der Waals surface area contributed by atoms with Crippen LogP contribution < -0.4 is 0 Å². The van der Waals surface area contributed by atoms with Gasteiger partial charge in [-0.3, -0.25) is 4.84 Å². The summed E-state index contributed by atoms with van der Waals surface area (Å²) >= 11 is 0. The van der Waals surface area contributed by atoms with Crippen molar-refractivity contribution in [2.45, 2.75) is 39.5 Å². The Morgan fingerprint density at radius 1 is 1.15 bits per heavy atom. The third-order valence-corrected chi connectivity index (χ3v) is 1.98. The summed E-state index contributed by atoms with van der Waals surface area (Å²) < 4.78 is 0. The van der Waals surface area contributed by atoms with Crippen molar-refractivity contribution in [3.8, 4) is 0 Å². The molecular formula is C10H23NO2. The number of hydrogen-bond acceptors (Lipinski definition) is 3. The van der Waals surface area contributed by atoms with E-state index < -0.39 is 0 Å². The Balaban J connectivity index is 3.25. The van der Waals surface area contributed by atoms with E-state index in [9.17, 15) is 0 Å². The number of aliphatic hydroxyl groups is 1. The average Bonchev–Trinajstić information content (AvgIpc) is 2.17. The van der Waals surface area contributed by atoms with Crippen molar-refractivity contribution in [1.29, 1.82) is 0 Å². The molecule has 0 fully saturated rings. The van der Waals surface area contributed by atoms with Crippen LogP contribution in [0.2, 0.25) is 0 Å². The van der Waals surface area contributed by atoms with Crippen molar-refractivity contribution in [2.75, 3.05) is 26.3 Å². The van der Waals surface area contributed by atoms with Crippen molar-refractivity contribution in [3.05, 3.63) is 0 Å². The van der Waals surface area contributed by atoms with E-state index >= 15 is 0 Å². The molecule has 0 unspecified atom stereocenters. The van der Waals surface area contributed by atoms with Gasteiger partial charge in [0.25, 0.3) is 0 Å². The van der Waals surface area contributed by atoms with Gasteiger partial charge in [-0.15, -0.1) is 0 Å². The maximum Gasteiger partial charge on any atom is 0.0916 e. The second kappa shape index (κ2) is 9.96. The summed E-state index contributed by atoms with van der Waals surface area (Å²) in [5.41, 5.74) is 0. The van der Waals surface area contributed by atoms with Gasteiger partial charge in [0.05, 0.1) is 13.2 Å². The van der Waals surface area contributed by atoms with Crippen LogP contribution in [0.15, 0.2) is 0 Å². The first kappa shape index (κ1) is 12.9. The highest BCUT2D eigenvalue weighted by atomic mass is 16.7. The lowest BCUT2D eigenvalue weighted by atomic mass is 10.2. The fourth-order valence-corrected chi connectivity index (χ4v) is 1.20. The average molecular weight is 189 g/mol. The molecule has 0 bridgehead atoms. The summed E-state index contributed by atoms with van der Waals surface area (Å²) in [5.74, 6) is 0. The van der Waals surface area contributed by atoms with Crippen molar-refractivity contribution < 1.29 is 9.94 Å². The van der Waals surface area contributed by atoms with Crippen molar-refractivity contribution in [3.63, 3.8) is 0 Å². The van der Waals surface area contributed by atoms with E-state index in [4.69, 9.17) is 9.94 Å². The zero-order valence-electron chi connectivity index (χ0n) is 8.96. The van der Waals surface area contributed by atoms with Gasteiger partial charge in [-0.05, 0) is 6.42 Å². The fourth-order valence-electron chi connectivity index (χ4n) is 1.20. The molecule has 0 aromatic heterocycles. The van der Waals surface area contributed by atoms with E-state index in [0.717, 1.165) is 13.1 Å². The van der Waals surface area contributed by atoms with Crippen molar-refractivity contribution in [2.24, 2.45) is 0 Å². The summed E-state index contributed by atoms with van der Waals surface area (Å²) in [7, 11) is 0. The van der Waals surface area contributed by atoms with Crippen molar-refractivity contribution in [1.82, 2.24) is 5.06 Å². The van der Waals surface area contributed by atoms with Crippen LogP contribution in [-0.2, 0) is 4.84 Å². The van der Waals surface area contributed by atoms with Gasteiger partial charge in [0.1, 0.15) is 0 Å². The van der Waals surface area contributed by atoms with Gasteiger partial charge in [-0.25, -0.2) is 0 Å². The molecule has 0 radical (unpaired) electrons. The number of nitrogens with zero attached hydrogens (tertiary/aromatic N) is 1. The van der Waals surface area contributed by atoms with Crippen LogP contribution >= 0.6 is 0 Å². The molecular weight excluding hydrogens is 166 g/mol. The van der Waals surface area contributed by atoms with Crippen LogP contribution in [0.5, 0.6) is 0 Å². The molecule has 0 aliphatic heterocycles. The van der Waals surface area contributed by atoms with E-state index in [1.54, 1.807) is 0 Å². The molecule has 0 amide bonds. The first-order valence-corrected chi connectivity index (χ1v) is 5.33. The third-order valence-electron chi connectivity index (χ3n) is 1.98. The van der Waals surface area contributed by atoms with Crippen LogP contribution in [0.3, 0.4) is 0 Å². The molecule has 0 aliphatic rings. The van der Waals surface area contributed by atoms with Gasteiger partial charge in [0, 0.05) is 13.1 Å². The molecule has 0 aromatic rings. The minimum absolute atomic E-state index is 0.103. The van der Waals surface area contributed by atoms with E-state index in [2.05, 4.69) is 13.8 Å². The fraction of sp³-hybridized carbons (Fsp3) is 1.00. The molecule has 0 aromatic carbocycles. The molecule has 0 atom stereocenters. The number of hydroxylamine groups is 2. The molecule has 3 nitrogen and oxygen atoms in total. The summed E-state index contributed by atoms with van der Waals surface area (Å²) in [6.07, 6.45) is 5.03. The zero-order valence-corrected chi connectivity index (χ0v) is 8.96. The molecule has 0 spiro atoms. The second-order valence-electron chi connectivity index (χ2n) is 3.14. The van der Waals surface area contributed by atoms with Crippen LogP contribution in [0.25, 0.3) is 0 Å². The van der Waals surface area contributed by atoms with E-state index in [1.165, 1.54) is 25.7 Å². The summed E-state index contributed by atoms with van der Waals surface area (Å²) in [4.78, 5) is 5.30. The van der Waals surface area contributed by atoms with Gasteiger partial charge in [0.2, 0.25) is 0 Å². The normalized spacial score (nSPS) is 11.1. The van der Waals surface area contributed by atoms with Gasteiger partial charge < -0.3 is 5.11 Å². The molecule has 0 aliphatic carbocycles. The molecule has 80 valence electrons. The van der Waals surface area contributed by atoms with E-state index in [-0.39, 0.29) is 6.61 Å². The lowest BCUT2D eigenvalue weighted by molar-refractivity contribution is -0.163. The Labute approximate surface area is 81.6 Å². The maximum atomic E-state index is 8.57. The van der Waals surface area contributed by atoms with Crippen LogP contribution in [0.4, 0.5) is 0 Å². The lowest BCUT2D eigenvalue weighted by Crippen LogP contribution is -2.26. The van der Waals surface area contributed by atoms with Gasteiger partial charge in [-0.1, -0.05) is 33.1 Å². The first-order valence-electron chi connectivity index (χ1n) is 5.33. The third kappa shape index (κ3) is 8.22. The molecule has 1 N–H and O–H groups in total. The van der Waals surface area contributed by atoms with Crippen LogP contribution in [0.1, 0.15) is 39.5 Å². The minimum atomic E-state index is 0.103. The zero-order chi connectivity index (χ0) is 9.94. The van der Waals surface area contributed by atoms with Crippen molar-refractivity contribution >= 4 is 0 Å². The molecule has 3 heteroatoms. The highest BCUT2D eigenvalue weighted by molar-refractivity contribution is 4.45. The highest BCUT2D eigenvalue weighted by Crippen LogP contribution is 2.01. The van der Waals surface area contributed by atoms with Gasteiger partial charge >= 0.3 is 0 Å². The molecule has 0 heterocycles. The standard InChI is InChI=1S/C10H23NO2/c1-3-5-6-7-8-11(4-2)13-10-9-12/h12H,3-10H2,1-2H3. The Hall–Kier alpha value is -0.120. The molecule has 13 heavy (non-hydrogen) atoms. The topological polar surface area (TPSA) is 32.7 Å². The number of aliphatic hydroxyl groups excluding tert-OH is 1. The SMILES string of the molecule is CCCCCCN(CC)OCCO. The summed E-state index contributed by atoms with van der Waals surface area (Å²) in [6.45, 7) is 6.67. The Kier molecular flexibility index (Phi) is 9.87. The van der Waals surface area contributed by atoms with Crippen LogP contribution in [-0.4, -0.2) is 36.5 Å². The van der Waals surface area contributed by atoms with E-state index in [1.807, 2.05) is 5.06 Å². The number of rotatable bonds is 9. The quantitative estimate of drug-likeness (QED) is 0.443. The predicted octanol–water partition coefficient (Wildman–Crippen LogP) is 1.81. The monoisotopic (exact) mass is 189 g/mol. The van der Waals surface area contributed by atoms with Gasteiger partial charge in [0.15, 0.2) is 0 Å². The summed E-state index contributed by atoms with van der Waals surface area (Å²) in [5, 5.41) is 10.5. The number of hydrogen-bond donors (Lipinski definition) is 1.